The molecule has 84 valence electrons. The Hall–Kier alpha value is -0.900. The second-order valence-electron chi connectivity index (χ2n) is 3.71. The SMILES string of the molecule is OCCC(O)c1ccc(Br)c2ccccc12. The lowest BCUT2D eigenvalue weighted by atomic mass is 9.99. The van der Waals surface area contributed by atoms with Gasteiger partial charge in [-0.05, 0) is 22.4 Å². The highest BCUT2D eigenvalue weighted by Gasteiger charge is 2.11. The fraction of sp³-hybridized carbons (Fsp3) is 0.231. The fourth-order valence-corrected chi connectivity index (χ4v) is 2.33. The fourth-order valence-electron chi connectivity index (χ4n) is 1.85. The van der Waals surface area contributed by atoms with E-state index in [2.05, 4.69) is 15.9 Å². The van der Waals surface area contributed by atoms with Crippen LogP contribution in [0, 0.1) is 0 Å². The Kier molecular flexibility index (Phi) is 3.59. The molecular weight excluding hydrogens is 268 g/mol. The third-order valence-corrected chi connectivity index (χ3v) is 3.36. The van der Waals surface area contributed by atoms with Crippen molar-refractivity contribution >= 4 is 26.7 Å². The van der Waals surface area contributed by atoms with Crippen molar-refractivity contribution in [3.63, 3.8) is 0 Å². The first-order valence-electron chi connectivity index (χ1n) is 5.20. The zero-order chi connectivity index (χ0) is 11.5. The highest BCUT2D eigenvalue weighted by atomic mass is 79.9. The third-order valence-electron chi connectivity index (χ3n) is 2.67. The number of hydrogen-bond acceptors (Lipinski definition) is 2. The molecule has 0 aliphatic heterocycles. The van der Waals surface area contributed by atoms with Crippen LogP contribution in [0.25, 0.3) is 10.8 Å². The third kappa shape index (κ3) is 2.12. The second kappa shape index (κ2) is 4.95. The van der Waals surface area contributed by atoms with Crippen molar-refractivity contribution in [2.45, 2.75) is 12.5 Å². The van der Waals surface area contributed by atoms with Crippen molar-refractivity contribution < 1.29 is 10.2 Å². The van der Waals surface area contributed by atoms with Crippen LogP contribution in [-0.2, 0) is 0 Å². The Balaban J connectivity index is 2.58. The molecule has 16 heavy (non-hydrogen) atoms. The molecule has 0 aliphatic carbocycles. The summed E-state index contributed by atoms with van der Waals surface area (Å²) in [6, 6.07) is 11.7. The van der Waals surface area contributed by atoms with Gasteiger partial charge in [-0.25, -0.2) is 0 Å². The first kappa shape index (κ1) is 11.6. The van der Waals surface area contributed by atoms with Gasteiger partial charge in [0.15, 0.2) is 0 Å². The Bertz CT molecular complexity index is 496. The molecule has 0 radical (unpaired) electrons. The number of aliphatic hydroxyl groups is 2. The predicted molar refractivity (Wildman–Crippen MR) is 68.3 cm³/mol. The summed E-state index contributed by atoms with van der Waals surface area (Å²) in [6.07, 6.45) is -0.242. The number of halogens is 1. The Morgan fingerprint density at radius 3 is 2.44 bits per heavy atom. The molecular formula is C13H13BrO2. The zero-order valence-corrected chi connectivity index (χ0v) is 10.3. The van der Waals surface area contributed by atoms with Gasteiger partial charge in [-0.3, -0.25) is 0 Å². The van der Waals surface area contributed by atoms with Gasteiger partial charge in [-0.15, -0.1) is 0 Å². The van der Waals surface area contributed by atoms with Gasteiger partial charge in [0.2, 0.25) is 0 Å². The maximum Gasteiger partial charge on any atom is 0.0817 e. The van der Waals surface area contributed by atoms with Crippen LogP contribution in [-0.4, -0.2) is 16.8 Å². The van der Waals surface area contributed by atoms with E-state index in [9.17, 15) is 5.11 Å². The molecule has 2 nitrogen and oxygen atoms in total. The van der Waals surface area contributed by atoms with E-state index < -0.39 is 6.10 Å². The summed E-state index contributed by atoms with van der Waals surface area (Å²) in [5.41, 5.74) is 0.868. The van der Waals surface area contributed by atoms with E-state index in [1.165, 1.54) is 0 Å². The van der Waals surface area contributed by atoms with Gasteiger partial charge in [0.05, 0.1) is 6.10 Å². The largest absolute Gasteiger partial charge is 0.396 e. The first-order valence-corrected chi connectivity index (χ1v) is 5.99. The lowest BCUT2D eigenvalue weighted by Crippen LogP contribution is -2.01. The molecule has 2 N–H and O–H groups in total. The summed E-state index contributed by atoms with van der Waals surface area (Å²) in [5, 5.41) is 20.9. The zero-order valence-electron chi connectivity index (χ0n) is 8.73. The minimum atomic E-state index is -0.608. The van der Waals surface area contributed by atoms with Crippen LogP contribution in [0.1, 0.15) is 18.1 Å². The van der Waals surface area contributed by atoms with E-state index in [1.807, 2.05) is 36.4 Å². The van der Waals surface area contributed by atoms with Gasteiger partial charge < -0.3 is 10.2 Å². The topological polar surface area (TPSA) is 40.5 Å². The summed E-state index contributed by atoms with van der Waals surface area (Å²) >= 11 is 3.49. The number of hydrogen-bond donors (Lipinski definition) is 2. The highest BCUT2D eigenvalue weighted by Crippen LogP contribution is 2.31. The van der Waals surface area contributed by atoms with Crippen molar-refractivity contribution in [2.24, 2.45) is 0 Å². The van der Waals surface area contributed by atoms with E-state index in [0.29, 0.717) is 6.42 Å². The molecule has 2 rings (SSSR count). The summed E-state index contributed by atoms with van der Waals surface area (Å²) < 4.78 is 1.02. The van der Waals surface area contributed by atoms with E-state index in [1.54, 1.807) is 0 Å². The van der Waals surface area contributed by atoms with Crippen molar-refractivity contribution in [1.82, 2.24) is 0 Å². The summed E-state index contributed by atoms with van der Waals surface area (Å²) in [5.74, 6) is 0. The Labute approximate surface area is 103 Å². The van der Waals surface area contributed by atoms with Crippen molar-refractivity contribution in [3.8, 4) is 0 Å². The summed E-state index contributed by atoms with van der Waals surface area (Å²) in [7, 11) is 0. The van der Waals surface area contributed by atoms with Gasteiger partial charge in [-0.1, -0.05) is 46.3 Å². The van der Waals surface area contributed by atoms with E-state index >= 15 is 0 Å². The van der Waals surface area contributed by atoms with Gasteiger partial charge in [-0.2, -0.15) is 0 Å². The molecule has 1 atom stereocenters. The second-order valence-corrected chi connectivity index (χ2v) is 4.56. The molecule has 1 unspecified atom stereocenters. The molecule has 2 aromatic carbocycles. The molecule has 3 heteroatoms. The maximum atomic E-state index is 9.93. The smallest absolute Gasteiger partial charge is 0.0817 e. The van der Waals surface area contributed by atoms with Crippen LogP contribution in [0.5, 0.6) is 0 Å². The molecule has 0 saturated heterocycles. The number of aliphatic hydroxyl groups excluding tert-OH is 2. The van der Waals surface area contributed by atoms with Gasteiger partial charge in [0.25, 0.3) is 0 Å². The van der Waals surface area contributed by atoms with Crippen LogP contribution in [0.15, 0.2) is 40.9 Å². The summed E-state index contributed by atoms with van der Waals surface area (Å²) in [4.78, 5) is 0. The predicted octanol–water partition coefficient (Wildman–Crippen LogP) is 3.02. The molecule has 0 spiro atoms. The van der Waals surface area contributed by atoms with Crippen LogP contribution in [0.3, 0.4) is 0 Å². The van der Waals surface area contributed by atoms with Gasteiger partial charge >= 0.3 is 0 Å². The molecule has 0 heterocycles. The number of rotatable bonds is 3. The van der Waals surface area contributed by atoms with E-state index in [0.717, 1.165) is 20.8 Å². The molecule has 0 bridgehead atoms. The normalized spacial score (nSPS) is 12.9. The highest BCUT2D eigenvalue weighted by molar-refractivity contribution is 9.10. The first-order chi connectivity index (χ1) is 7.74. The Morgan fingerprint density at radius 1 is 1.06 bits per heavy atom. The summed E-state index contributed by atoms with van der Waals surface area (Å²) in [6.45, 7) is -0.00838. The van der Waals surface area contributed by atoms with Crippen molar-refractivity contribution in [3.05, 3.63) is 46.4 Å². The quantitative estimate of drug-likeness (QED) is 0.908. The van der Waals surface area contributed by atoms with Gasteiger partial charge in [0.1, 0.15) is 0 Å². The molecule has 0 amide bonds. The standard InChI is InChI=1S/C13H13BrO2/c14-12-6-5-11(13(16)7-8-15)9-3-1-2-4-10(9)12/h1-6,13,15-16H,7-8H2. The molecule has 0 aliphatic rings. The average Bonchev–Trinajstić information content (AvgIpc) is 2.30. The van der Waals surface area contributed by atoms with Crippen LogP contribution < -0.4 is 0 Å². The monoisotopic (exact) mass is 280 g/mol. The minimum absolute atomic E-state index is 0.00838. The minimum Gasteiger partial charge on any atom is -0.396 e. The van der Waals surface area contributed by atoms with Crippen LogP contribution in [0.4, 0.5) is 0 Å². The maximum absolute atomic E-state index is 9.93. The lowest BCUT2D eigenvalue weighted by Gasteiger charge is -2.13. The van der Waals surface area contributed by atoms with E-state index in [-0.39, 0.29) is 6.61 Å². The molecule has 0 fully saturated rings. The lowest BCUT2D eigenvalue weighted by molar-refractivity contribution is 0.135. The van der Waals surface area contributed by atoms with Crippen LogP contribution in [0.2, 0.25) is 0 Å². The number of fused-ring (bicyclic) bond motifs is 1. The molecule has 0 aromatic heterocycles. The molecule has 2 aromatic rings. The number of benzene rings is 2. The van der Waals surface area contributed by atoms with Gasteiger partial charge in [0, 0.05) is 17.5 Å². The van der Waals surface area contributed by atoms with Crippen molar-refractivity contribution in [1.29, 1.82) is 0 Å². The Morgan fingerprint density at radius 2 is 1.75 bits per heavy atom. The molecule has 0 saturated carbocycles. The van der Waals surface area contributed by atoms with Crippen molar-refractivity contribution in [2.75, 3.05) is 6.61 Å². The van der Waals surface area contributed by atoms with E-state index in [4.69, 9.17) is 5.11 Å². The average molecular weight is 281 g/mol. The van der Waals surface area contributed by atoms with Crippen LogP contribution >= 0.6 is 15.9 Å².